The minimum absolute atomic E-state index is 0.660. The first-order valence-electron chi connectivity index (χ1n) is 6.98. The van der Waals surface area contributed by atoms with E-state index in [1.807, 2.05) is 35.9 Å². The van der Waals surface area contributed by atoms with Crippen LogP contribution in [0.3, 0.4) is 0 Å². The van der Waals surface area contributed by atoms with Crippen LogP contribution in [0, 0.1) is 0 Å². The van der Waals surface area contributed by atoms with Gasteiger partial charge in [0, 0.05) is 30.6 Å². The molecule has 5 heteroatoms. The Kier molecular flexibility index (Phi) is 3.55. The van der Waals surface area contributed by atoms with E-state index in [0.717, 1.165) is 40.8 Å². The second-order valence-electron chi connectivity index (χ2n) is 5.07. The quantitative estimate of drug-likeness (QED) is 0.800. The maximum absolute atomic E-state index is 6.25. The van der Waals surface area contributed by atoms with Crippen LogP contribution in [0.1, 0.15) is 19.2 Å². The molecule has 3 rings (SSSR count). The van der Waals surface area contributed by atoms with Crippen molar-refractivity contribution in [1.82, 2.24) is 14.5 Å². The maximum Gasteiger partial charge on any atom is 0.131 e. The fourth-order valence-electron chi connectivity index (χ4n) is 2.53. The van der Waals surface area contributed by atoms with Crippen molar-refractivity contribution in [1.29, 1.82) is 0 Å². The first-order valence-corrected chi connectivity index (χ1v) is 7.36. The van der Waals surface area contributed by atoms with E-state index in [4.69, 9.17) is 22.3 Å². The highest BCUT2D eigenvalue weighted by molar-refractivity contribution is 6.35. The predicted molar refractivity (Wildman–Crippen MR) is 87.4 cm³/mol. The van der Waals surface area contributed by atoms with Crippen LogP contribution in [0.2, 0.25) is 5.02 Å². The minimum Gasteiger partial charge on any atom is -0.383 e. The average Bonchev–Trinajstić information content (AvgIpc) is 2.77. The molecule has 3 aromatic rings. The number of pyridine rings is 1. The highest BCUT2D eigenvalue weighted by Crippen LogP contribution is 2.34. The van der Waals surface area contributed by atoms with E-state index in [0.29, 0.717) is 10.8 Å². The Morgan fingerprint density at radius 1 is 1.29 bits per heavy atom. The van der Waals surface area contributed by atoms with Crippen LogP contribution in [-0.4, -0.2) is 14.5 Å². The molecular formula is C16H17ClN4. The van der Waals surface area contributed by atoms with Crippen molar-refractivity contribution in [3.8, 4) is 11.3 Å². The number of fused-ring (bicyclic) bond motifs is 1. The SMILES string of the molecule is CCCc1nc(-c2ccc(Cl)c3cccnc23)c(N)n1C. The van der Waals surface area contributed by atoms with Crippen molar-refractivity contribution < 1.29 is 0 Å². The average molecular weight is 301 g/mol. The van der Waals surface area contributed by atoms with Gasteiger partial charge in [0.15, 0.2) is 0 Å². The van der Waals surface area contributed by atoms with E-state index < -0.39 is 0 Å². The minimum atomic E-state index is 0.660. The van der Waals surface area contributed by atoms with Crippen LogP contribution in [0.4, 0.5) is 5.82 Å². The highest BCUT2D eigenvalue weighted by Gasteiger charge is 2.16. The number of imidazole rings is 1. The van der Waals surface area contributed by atoms with Crippen LogP contribution < -0.4 is 5.73 Å². The zero-order chi connectivity index (χ0) is 15.0. The number of hydrogen-bond donors (Lipinski definition) is 1. The third-order valence-electron chi connectivity index (χ3n) is 3.68. The lowest BCUT2D eigenvalue weighted by Gasteiger charge is -2.06. The van der Waals surface area contributed by atoms with E-state index in [2.05, 4.69) is 11.9 Å². The zero-order valence-electron chi connectivity index (χ0n) is 12.1. The molecule has 0 aliphatic rings. The van der Waals surface area contributed by atoms with Gasteiger partial charge in [0.2, 0.25) is 0 Å². The van der Waals surface area contributed by atoms with Gasteiger partial charge in [-0.15, -0.1) is 0 Å². The van der Waals surface area contributed by atoms with Crippen molar-refractivity contribution >= 4 is 28.3 Å². The van der Waals surface area contributed by atoms with Crippen LogP contribution in [0.5, 0.6) is 0 Å². The number of nitrogen functional groups attached to an aromatic ring is 1. The first kappa shape index (κ1) is 13.9. The van der Waals surface area contributed by atoms with Crippen LogP contribution in [0.25, 0.3) is 22.2 Å². The number of nitrogens with zero attached hydrogens (tertiary/aromatic N) is 3. The highest BCUT2D eigenvalue weighted by atomic mass is 35.5. The van der Waals surface area contributed by atoms with Gasteiger partial charge in [-0.05, 0) is 30.7 Å². The molecular weight excluding hydrogens is 284 g/mol. The standard InChI is InChI=1S/C16H17ClN4/c1-3-5-13-20-15(16(18)21(13)2)11-7-8-12(17)10-6-4-9-19-14(10)11/h4,6-9H,3,5,18H2,1-2H3. The number of benzene rings is 1. The van der Waals surface area contributed by atoms with Crippen molar-refractivity contribution in [2.75, 3.05) is 5.73 Å². The molecule has 0 spiro atoms. The van der Waals surface area contributed by atoms with Crippen molar-refractivity contribution in [2.24, 2.45) is 7.05 Å². The van der Waals surface area contributed by atoms with Gasteiger partial charge in [-0.3, -0.25) is 4.98 Å². The Morgan fingerprint density at radius 3 is 2.86 bits per heavy atom. The third-order valence-corrected chi connectivity index (χ3v) is 4.01. The molecule has 2 heterocycles. The number of anilines is 1. The summed E-state index contributed by atoms with van der Waals surface area (Å²) in [6.45, 7) is 2.13. The lowest BCUT2D eigenvalue weighted by Crippen LogP contribution is -2.01. The lowest BCUT2D eigenvalue weighted by molar-refractivity contribution is 0.764. The molecule has 21 heavy (non-hydrogen) atoms. The summed E-state index contributed by atoms with van der Waals surface area (Å²) in [7, 11) is 1.95. The normalized spacial score (nSPS) is 11.2. The van der Waals surface area contributed by atoms with Crippen molar-refractivity contribution in [3.05, 3.63) is 41.3 Å². The van der Waals surface area contributed by atoms with E-state index in [-0.39, 0.29) is 0 Å². The van der Waals surface area contributed by atoms with Gasteiger partial charge in [0.1, 0.15) is 17.3 Å². The van der Waals surface area contributed by atoms with E-state index in [9.17, 15) is 0 Å². The molecule has 4 nitrogen and oxygen atoms in total. The smallest absolute Gasteiger partial charge is 0.131 e. The van der Waals surface area contributed by atoms with Gasteiger partial charge >= 0.3 is 0 Å². The molecule has 0 saturated carbocycles. The van der Waals surface area contributed by atoms with Gasteiger partial charge in [-0.25, -0.2) is 4.98 Å². The number of hydrogen-bond acceptors (Lipinski definition) is 3. The Bertz CT molecular complexity index is 807. The molecule has 0 radical (unpaired) electrons. The van der Waals surface area contributed by atoms with Gasteiger partial charge in [0.05, 0.1) is 10.5 Å². The Morgan fingerprint density at radius 2 is 2.10 bits per heavy atom. The molecule has 0 amide bonds. The molecule has 0 aliphatic carbocycles. The summed E-state index contributed by atoms with van der Waals surface area (Å²) in [4.78, 5) is 9.16. The molecule has 0 atom stereocenters. The van der Waals surface area contributed by atoms with Crippen molar-refractivity contribution in [3.63, 3.8) is 0 Å². The molecule has 108 valence electrons. The van der Waals surface area contributed by atoms with Crippen LogP contribution >= 0.6 is 11.6 Å². The number of rotatable bonds is 3. The lowest BCUT2D eigenvalue weighted by atomic mass is 10.1. The monoisotopic (exact) mass is 300 g/mol. The van der Waals surface area contributed by atoms with Crippen LogP contribution in [0.15, 0.2) is 30.5 Å². The largest absolute Gasteiger partial charge is 0.383 e. The molecule has 0 bridgehead atoms. The summed E-state index contributed by atoms with van der Waals surface area (Å²) in [5, 5.41) is 1.60. The van der Waals surface area contributed by atoms with Gasteiger partial charge in [-0.2, -0.15) is 0 Å². The molecule has 0 fully saturated rings. The maximum atomic E-state index is 6.25. The zero-order valence-corrected chi connectivity index (χ0v) is 12.9. The summed E-state index contributed by atoms with van der Waals surface area (Å²) in [6.07, 6.45) is 3.69. The topological polar surface area (TPSA) is 56.7 Å². The number of aryl methyl sites for hydroxylation is 1. The molecule has 2 aromatic heterocycles. The van der Waals surface area contributed by atoms with E-state index in [1.54, 1.807) is 6.20 Å². The molecule has 0 aliphatic heterocycles. The van der Waals surface area contributed by atoms with Gasteiger partial charge < -0.3 is 10.3 Å². The molecule has 1 aromatic carbocycles. The molecule has 2 N–H and O–H groups in total. The second kappa shape index (κ2) is 5.37. The summed E-state index contributed by atoms with van der Waals surface area (Å²) >= 11 is 6.25. The summed E-state index contributed by atoms with van der Waals surface area (Å²) < 4.78 is 1.95. The molecule has 0 saturated heterocycles. The summed E-state index contributed by atoms with van der Waals surface area (Å²) in [5.41, 5.74) is 8.77. The number of aromatic nitrogens is 3. The summed E-state index contributed by atoms with van der Waals surface area (Å²) in [6, 6.07) is 7.64. The van der Waals surface area contributed by atoms with Crippen LogP contribution in [-0.2, 0) is 13.5 Å². The summed E-state index contributed by atoms with van der Waals surface area (Å²) in [5.74, 6) is 1.65. The Balaban J connectivity index is 2.26. The van der Waals surface area contributed by atoms with E-state index >= 15 is 0 Å². The fourth-order valence-corrected chi connectivity index (χ4v) is 2.75. The Hall–Kier alpha value is -2.07. The van der Waals surface area contributed by atoms with Crippen molar-refractivity contribution in [2.45, 2.75) is 19.8 Å². The number of nitrogens with two attached hydrogens (primary N) is 1. The number of halogens is 1. The van der Waals surface area contributed by atoms with Gasteiger partial charge in [-0.1, -0.05) is 18.5 Å². The van der Waals surface area contributed by atoms with E-state index in [1.165, 1.54) is 0 Å². The first-order chi connectivity index (χ1) is 10.1. The fraction of sp³-hybridized carbons (Fsp3) is 0.250. The van der Waals surface area contributed by atoms with Gasteiger partial charge in [0.25, 0.3) is 0 Å². The third kappa shape index (κ3) is 2.25. The predicted octanol–water partition coefficient (Wildman–Crippen LogP) is 3.82. The Labute approximate surface area is 128 Å². The second-order valence-corrected chi connectivity index (χ2v) is 5.47. The molecule has 0 unspecified atom stereocenters.